The molecule has 0 heterocycles. The van der Waals surface area contributed by atoms with E-state index in [1.807, 2.05) is 0 Å². The SMILES string of the molecule is CCCCCCCCCCC(O)CCC(CCCCCCCCCC)S(=O)(=O)O. The second-order valence-electron chi connectivity index (χ2n) is 8.90. The van der Waals surface area contributed by atoms with Gasteiger partial charge in [0.1, 0.15) is 0 Å². The Balaban J connectivity index is 3.82. The Hall–Kier alpha value is -0.130. The summed E-state index contributed by atoms with van der Waals surface area (Å²) < 4.78 is 32.8. The van der Waals surface area contributed by atoms with Crippen LogP contribution in [0.4, 0.5) is 0 Å². The quantitative estimate of drug-likeness (QED) is 0.137. The molecule has 0 aliphatic carbocycles. The Labute approximate surface area is 182 Å². The molecule has 2 unspecified atom stereocenters. The molecule has 2 N–H and O–H groups in total. The topological polar surface area (TPSA) is 74.6 Å². The normalized spacial score (nSPS) is 14.2. The molecule has 0 fully saturated rings. The van der Waals surface area contributed by atoms with E-state index < -0.39 is 21.5 Å². The number of rotatable bonds is 22. The number of unbranched alkanes of at least 4 members (excludes halogenated alkanes) is 14. The van der Waals surface area contributed by atoms with E-state index in [0.717, 1.165) is 38.5 Å². The van der Waals surface area contributed by atoms with E-state index in [-0.39, 0.29) is 0 Å². The molecule has 0 rings (SSSR count). The number of hydrogen-bond acceptors (Lipinski definition) is 3. The Bertz CT molecular complexity index is 436. The van der Waals surface area contributed by atoms with Gasteiger partial charge in [0.2, 0.25) is 0 Å². The van der Waals surface area contributed by atoms with Crippen molar-refractivity contribution in [2.24, 2.45) is 0 Å². The first-order valence-electron chi connectivity index (χ1n) is 12.6. The third-order valence-electron chi connectivity index (χ3n) is 6.01. The molecule has 5 heteroatoms. The Morgan fingerprint density at radius 1 is 0.552 bits per heavy atom. The fourth-order valence-corrected chi connectivity index (χ4v) is 4.88. The summed E-state index contributed by atoms with van der Waals surface area (Å²) in [6.45, 7) is 4.44. The largest absolute Gasteiger partial charge is 0.393 e. The predicted molar refractivity (Wildman–Crippen MR) is 125 cm³/mol. The lowest BCUT2D eigenvalue weighted by Gasteiger charge is -2.16. The molecule has 4 nitrogen and oxygen atoms in total. The van der Waals surface area contributed by atoms with Crippen LogP contribution in [0, 0.1) is 0 Å². The summed E-state index contributed by atoms with van der Waals surface area (Å²) in [6.07, 6.45) is 20.9. The third-order valence-corrected chi connectivity index (χ3v) is 7.33. The van der Waals surface area contributed by atoms with E-state index in [9.17, 15) is 18.1 Å². The van der Waals surface area contributed by atoms with Crippen LogP contribution in [0.5, 0.6) is 0 Å². The summed E-state index contributed by atoms with van der Waals surface area (Å²) >= 11 is 0. The van der Waals surface area contributed by atoms with Crippen LogP contribution in [0.2, 0.25) is 0 Å². The van der Waals surface area contributed by atoms with Gasteiger partial charge in [-0.1, -0.05) is 117 Å². The van der Waals surface area contributed by atoms with Gasteiger partial charge in [-0.3, -0.25) is 4.55 Å². The van der Waals surface area contributed by atoms with Crippen molar-refractivity contribution in [1.29, 1.82) is 0 Å². The molecule has 0 bridgehead atoms. The van der Waals surface area contributed by atoms with Crippen molar-refractivity contribution < 1.29 is 18.1 Å². The fourth-order valence-electron chi connectivity index (χ4n) is 3.98. The second kappa shape index (κ2) is 19.8. The minimum atomic E-state index is -4.02. The van der Waals surface area contributed by atoms with Gasteiger partial charge in [0.25, 0.3) is 10.1 Å². The first-order chi connectivity index (χ1) is 13.9. The maximum atomic E-state index is 11.7. The summed E-state index contributed by atoms with van der Waals surface area (Å²) in [4.78, 5) is 0. The highest BCUT2D eigenvalue weighted by molar-refractivity contribution is 7.86. The Morgan fingerprint density at radius 3 is 1.34 bits per heavy atom. The molecule has 0 aromatic heterocycles. The average molecular weight is 435 g/mol. The Kier molecular flexibility index (Phi) is 19.7. The summed E-state index contributed by atoms with van der Waals surface area (Å²) in [5.74, 6) is 0. The van der Waals surface area contributed by atoms with Crippen molar-refractivity contribution in [3.8, 4) is 0 Å². The standard InChI is InChI=1S/C24H50O4S/c1-3-5-7-9-11-13-15-17-19-23(25)21-22-24(29(26,27)28)20-18-16-14-12-10-8-6-4-2/h23-25H,3-22H2,1-2H3,(H,26,27,28). The van der Waals surface area contributed by atoms with Crippen LogP contribution >= 0.6 is 0 Å². The van der Waals surface area contributed by atoms with E-state index >= 15 is 0 Å². The zero-order valence-corrected chi connectivity index (χ0v) is 20.2. The third kappa shape index (κ3) is 19.6. The molecule has 0 aliphatic rings. The van der Waals surface area contributed by atoms with Crippen molar-refractivity contribution in [3.05, 3.63) is 0 Å². The van der Waals surface area contributed by atoms with Crippen LogP contribution in [0.1, 0.15) is 142 Å². The lowest BCUT2D eigenvalue weighted by molar-refractivity contribution is 0.147. The number of aliphatic hydroxyl groups excluding tert-OH is 1. The van der Waals surface area contributed by atoms with Crippen LogP contribution in [-0.4, -0.2) is 29.4 Å². The molecule has 0 aliphatic heterocycles. The molecule has 0 aromatic rings. The van der Waals surface area contributed by atoms with Crippen molar-refractivity contribution >= 4 is 10.1 Å². The highest BCUT2D eigenvalue weighted by Crippen LogP contribution is 2.20. The molecular formula is C24H50O4S. The van der Waals surface area contributed by atoms with E-state index in [4.69, 9.17) is 0 Å². The van der Waals surface area contributed by atoms with Gasteiger partial charge in [0, 0.05) is 0 Å². The smallest absolute Gasteiger partial charge is 0.267 e. The first-order valence-corrected chi connectivity index (χ1v) is 14.1. The van der Waals surface area contributed by atoms with E-state index in [1.54, 1.807) is 0 Å². The van der Waals surface area contributed by atoms with Gasteiger partial charge in [-0.05, 0) is 25.7 Å². The molecule has 0 radical (unpaired) electrons. The molecule has 0 amide bonds. The zero-order chi connectivity index (χ0) is 21.8. The van der Waals surface area contributed by atoms with Crippen LogP contribution < -0.4 is 0 Å². The van der Waals surface area contributed by atoms with Gasteiger partial charge in [-0.15, -0.1) is 0 Å². The van der Waals surface area contributed by atoms with Crippen molar-refractivity contribution in [3.63, 3.8) is 0 Å². The maximum Gasteiger partial charge on any atom is 0.267 e. The van der Waals surface area contributed by atoms with Gasteiger partial charge in [0.15, 0.2) is 0 Å². The van der Waals surface area contributed by atoms with Gasteiger partial charge in [-0.25, -0.2) is 0 Å². The van der Waals surface area contributed by atoms with Gasteiger partial charge in [0.05, 0.1) is 11.4 Å². The highest BCUT2D eigenvalue weighted by Gasteiger charge is 2.23. The molecule has 0 spiro atoms. The van der Waals surface area contributed by atoms with Crippen LogP contribution in [0.15, 0.2) is 0 Å². The molecule has 176 valence electrons. The second-order valence-corrected chi connectivity index (χ2v) is 10.6. The van der Waals surface area contributed by atoms with E-state index in [0.29, 0.717) is 19.3 Å². The molecule has 0 saturated carbocycles. The Morgan fingerprint density at radius 2 is 0.931 bits per heavy atom. The number of hydrogen-bond donors (Lipinski definition) is 2. The predicted octanol–water partition coefficient (Wildman–Crippen LogP) is 7.45. The van der Waals surface area contributed by atoms with Crippen molar-refractivity contribution in [2.75, 3.05) is 0 Å². The van der Waals surface area contributed by atoms with Crippen LogP contribution in [0.3, 0.4) is 0 Å². The zero-order valence-electron chi connectivity index (χ0n) is 19.4. The summed E-state index contributed by atoms with van der Waals surface area (Å²) in [6, 6.07) is 0. The maximum absolute atomic E-state index is 11.7. The van der Waals surface area contributed by atoms with E-state index in [2.05, 4.69) is 13.8 Å². The minimum absolute atomic E-state index is 0.369. The molecule has 2 atom stereocenters. The lowest BCUT2D eigenvalue weighted by Crippen LogP contribution is -2.22. The summed E-state index contributed by atoms with van der Waals surface area (Å²) in [5, 5.41) is 9.46. The molecule has 29 heavy (non-hydrogen) atoms. The van der Waals surface area contributed by atoms with Crippen molar-refractivity contribution in [1.82, 2.24) is 0 Å². The first kappa shape index (κ1) is 28.9. The van der Waals surface area contributed by atoms with Crippen LogP contribution in [0.25, 0.3) is 0 Å². The van der Waals surface area contributed by atoms with Gasteiger partial charge < -0.3 is 5.11 Å². The van der Waals surface area contributed by atoms with Gasteiger partial charge in [-0.2, -0.15) is 8.42 Å². The van der Waals surface area contributed by atoms with Crippen molar-refractivity contribution in [2.45, 2.75) is 154 Å². The number of aliphatic hydroxyl groups is 1. The molecular weight excluding hydrogens is 384 g/mol. The lowest BCUT2D eigenvalue weighted by atomic mass is 10.0. The minimum Gasteiger partial charge on any atom is -0.393 e. The molecule has 0 saturated heterocycles. The summed E-state index contributed by atoms with van der Waals surface area (Å²) in [5.41, 5.74) is 0. The fraction of sp³-hybridized carbons (Fsp3) is 1.00. The molecule has 0 aromatic carbocycles. The van der Waals surface area contributed by atoms with Gasteiger partial charge >= 0.3 is 0 Å². The average Bonchev–Trinajstić information content (AvgIpc) is 2.67. The monoisotopic (exact) mass is 434 g/mol. The summed E-state index contributed by atoms with van der Waals surface area (Å²) in [7, 11) is -4.02. The highest BCUT2D eigenvalue weighted by atomic mass is 32.2. The van der Waals surface area contributed by atoms with E-state index in [1.165, 1.54) is 70.6 Å². The van der Waals surface area contributed by atoms with Crippen LogP contribution in [-0.2, 0) is 10.1 Å².